The molecule has 0 spiro atoms. The zero-order chi connectivity index (χ0) is 21.3. The first kappa shape index (κ1) is 22.5. The molecule has 5 nitrogen and oxygen atoms in total. The number of halogens is 3. The normalized spacial score (nSPS) is 12.1. The highest BCUT2D eigenvalue weighted by atomic mass is 19.4. The second-order valence-corrected chi connectivity index (χ2v) is 6.68. The van der Waals surface area contributed by atoms with Gasteiger partial charge in [-0.25, -0.2) is 4.99 Å². The second kappa shape index (κ2) is 10.7. The molecular weight excluding hydrogens is 381 g/mol. The number of benzene rings is 1. The average Bonchev–Trinajstić information content (AvgIpc) is 2.67. The van der Waals surface area contributed by atoms with Crippen LogP contribution in [0.3, 0.4) is 0 Å². The number of rotatable bonds is 8. The molecule has 158 valence electrons. The minimum Gasteiger partial charge on any atom is -0.357 e. The van der Waals surface area contributed by atoms with Gasteiger partial charge >= 0.3 is 6.18 Å². The number of aromatic nitrogens is 1. The first-order valence-corrected chi connectivity index (χ1v) is 9.66. The first-order valence-electron chi connectivity index (χ1n) is 9.66. The highest BCUT2D eigenvalue weighted by Gasteiger charge is 2.29. The molecule has 2 aromatic rings. The summed E-state index contributed by atoms with van der Waals surface area (Å²) in [6, 6.07) is 10.2. The van der Waals surface area contributed by atoms with Crippen molar-refractivity contribution in [1.29, 1.82) is 0 Å². The molecule has 0 radical (unpaired) electrons. The van der Waals surface area contributed by atoms with E-state index in [0.717, 1.165) is 30.7 Å². The molecule has 0 atom stereocenters. The number of aliphatic imine (C=N–C) groups is 1. The van der Waals surface area contributed by atoms with E-state index in [2.05, 4.69) is 15.6 Å². The van der Waals surface area contributed by atoms with Gasteiger partial charge in [0.2, 0.25) is 0 Å². The third kappa shape index (κ3) is 7.29. The maximum Gasteiger partial charge on any atom is 0.416 e. The molecule has 0 saturated carbocycles. The van der Waals surface area contributed by atoms with Gasteiger partial charge in [0.1, 0.15) is 0 Å². The minimum atomic E-state index is -4.33. The summed E-state index contributed by atoms with van der Waals surface area (Å²) in [4.78, 5) is 16.3. The van der Waals surface area contributed by atoms with Gasteiger partial charge < -0.3 is 15.2 Å². The molecule has 0 aliphatic rings. The van der Waals surface area contributed by atoms with E-state index in [1.807, 2.05) is 19.9 Å². The quantitative estimate of drug-likeness (QED) is 0.398. The van der Waals surface area contributed by atoms with Crippen molar-refractivity contribution < 1.29 is 13.2 Å². The number of hydrogen-bond donors (Lipinski definition) is 2. The second-order valence-electron chi connectivity index (χ2n) is 6.68. The Hall–Kier alpha value is -2.77. The number of aryl methyl sites for hydroxylation is 1. The third-order valence-electron chi connectivity index (χ3n) is 4.41. The summed E-state index contributed by atoms with van der Waals surface area (Å²) in [5.74, 6) is 0.612. The van der Waals surface area contributed by atoms with E-state index in [4.69, 9.17) is 0 Å². The van der Waals surface area contributed by atoms with Gasteiger partial charge in [-0.3, -0.25) is 4.79 Å². The topological polar surface area (TPSA) is 58.4 Å². The summed E-state index contributed by atoms with van der Waals surface area (Å²) >= 11 is 0. The molecule has 1 aromatic heterocycles. The molecule has 29 heavy (non-hydrogen) atoms. The molecule has 0 aliphatic heterocycles. The Labute approximate surface area is 168 Å². The van der Waals surface area contributed by atoms with Crippen LogP contribution >= 0.6 is 0 Å². The van der Waals surface area contributed by atoms with Crippen LogP contribution in [0.25, 0.3) is 0 Å². The van der Waals surface area contributed by atoms with E-state index in [1.165, 1.54) is 12.1 Å². The Bertz CT molecular complexity index is 857. The fourth-order valence-corrected chi connectivity index (χ4v) is 2.82. The zero-order valence-electron chi connectivity index (χ0n) is 16.7. The maximum atomic E-state index is 12.6. The molecular formula is C21H27F3N4O. The summed E-state index contributed by atoms with van der Waals surface area (Å²) in [6.07, 6.45) is -2.64. The van der Waals surface area contributed by atoms with E-state index in [9.17, 15) is 18.0 Å². The van der Waals surface area contributed by atoms with Crippen molar-refractivity contribution in [2.45, 2.75) is 46.0 Å². The number of guanidine groups is 1. The van der Waals surface area contributed by atoms with E-state index in [-0.39, 0.29) is 12.1 Å². The number of alkyl halides is 3. The smallest absolute Gasteiger partial charge is 0.357 e. The van der Waals surface area contributed by atoms with Crippen LogP contribution in [0, 0.1) is 6.92 Å². The van der Waals surface area contributed by atoms with E-state index in [0.29, 0.717) is 31.2 Å². The summed E-state index contributed by atoms with van der Waals surface area (Å²) in [7, 11) is 0. The monoisotopic (exact) mass is 408 g/mol. The number of nitrogens with zero attached hydrogens (tertiary/aromatic N) is 2. The van der Waals surface area contributed by atoms with Gasteiger partial charge in [0.15, 0.2) is 5.96 Å². The molecule has 1 aromatic carbocycles. The van der Waals surface area contributed by atoms with Crippen LogP contribution in [0.1, 0.15) is 36.6 Å². The average molecular weight is 408 g/mol. The molecule has 0 bridgehead atoms. The van der Waals surface area contributed by atoms with Crippen molar-refractivity contribution in [1.82, 2.24) is 15.2 Å². The van der Waals surface area contributed by atoms with Crippen LogP contribution in [-0.4, -0.2) is 23.6 Å². The standard InChI is InChI=1S/C21H27F3N4O/c1-3-25-20(27-15-17-9-11-18(12-10-17)21(22,23)24)26-13-4-5-14-28-16(2)7-6-8-19(28)29/h6-12H,3-5,13-15H2,1-2H3,(H2,25,26,27). The van der Waals surface area contributed by atoms with Crippen LogP contribution in [0.15, 0.2) is 52.3 Å². The van der Waals surface area contributed by atoms with Gasteiger partial charge in [-0.2, -0.15) is 13.2 Å². The number of hydrogen-bond acceptors (Lipinski definition) is 2. The van der Waals surface area contributed by atoms with Gasteiger partial charge in [0, 0.05) is 31.4 Å². The van der Waals surface area contributed by atoms with E-state index >= 15 is 0 Å². The lowest BCUT2D eigenvalue weighted by molar-refractivity contribution is -0.137. The molecule has 0 fully saturated rings. The Morgan fingerprint density at radius 3 is 2.41 bits per heavy atom. The highest BCUT2D eigenvalue weighted by molar-refractivity contribution is 5.79. The fraction of sp³-hybridized carbons (Fsp3) is 0.429. The zero-order valence-corrected chi connectivity index (χ0v) is 16.7. The predicted octanol–water partition coefficient (Wildman–Crippen LogP) is 3.71. The summed E-state index contributed by atoms with van der Waals surface area (Å²) < 4.78 is 39.6. The molecule has 2 N–H and O–H groups in total. The maximum absolute atomic E-state index is 12.6. The highest BCUT2D eigenvalue weighted by Crippen LogP contribution is 2.29. The van der Waals surface area contributed by atoms with Crippen molar-refractivity contribution in [3.8, 4) is 0 Å². The Kier molecular flexibility index (Phi) is 8.30. The van der Waals surface area contributed by atoms with Crippen LogP contribution in [0.5, 0.6) is 0 Å². The van der Waals surface area contributed by atoms with Crippen LogP contribution in [-0.2, 0) is 19.3 Å². The van der Waals surface area contributed by atoms with Gasteiger partial charge in [-0.15, -0.1) is 0 Å². The van der Waals surface area contributed by atoms with Crippen molar-refractivity contribution >= 4 is 5.96 Å². The van der Waals surface area contributed by atoms with Gasteiger partial charge in [0.05, 0.1) is 12.1 Å². The summed E-state index contributed by atoms with van der Waals surface area (Å²) in [5.41, 5.74) is 0.985. The molecule has 8 heteroatoms. The number of pyridine rings is 1. The van der Waals surface area contributed by atoms with Crippen molar-refractivity contribution in [3.63, 3.8) is 0 Å². The van der Waals surface area contributed by atoms with Crippen molar-refractivity contribution in [2.75, 3.05) is 13.1 Å². The van der Waals surface area contributed by atoms with Gasteiger partial charge in [-0.1, -0.05) is 18.2 Å². The molecule has 0 aliphatic carbocycles. The Morgan fingerprint density at radius 2 is 1.79 bits per heavy atom. The van der Waals surface area contributed by atoms with Crippen molar-refractivity contribution in [3.05, 3.63) is 69.6 Å². The first-order chi connectivity index (χ1) is 13.8. The number of unbranched alkanes of at least 4 members (excludes halogenated alkanes) is 1. The molecule has 0 amide bonds. The van der Waals surface area contributed by atoms with Gasteiger partial charge in [0.25, 0.3) is 5.56 Å². The van der Waals surface area contributed by atoms with E-state index < -0.39 is 11.7 Å². The molecule has 2 rings (SSSR count). The van der Waals surface area contributed by atoms with Crippen molar-refractivity contribution in [2.24, 2.45) is 4.99 Å². The van der Waals surface area contributed by atoms with Crippen LogP contribution < -0.4 is 16.2 Å². The van der Waals surface area contributed by atoms with E-state index in [1.54, 1.807) is 16.7 Å². The Morgan fingerprint density at radius 1 is 1.07 bits per heavy atom. The lowest BCUT2D eigenvalue weighted by Crippen LogP contribution is -2.37. The predicted molar refractivity (Wildman–Crippen MR) is 109 cm³/mol. The van der Waals surface area contributed by atoms with Gasteiger partial charge in [-0.05, 0) is 50.5 Å². The minimum absolute atomic E-state index is 0.00408. The molecule has 1 heterocycles. The van der Waals surface area contributed by atoms with Crippen LogP contribution in [0.4, 0.5) is 13.2 Å². The largest absolute Gasteiger partial charge is 0.416 e. The molecule has 0 unspecified atom stereocenters. The number of nitrogens with one attached hydrogen (secondary N) is 2. The fourth-order valence-electron chi connectivity index (χ4n) is 2.82. The lowest BCUT2D eigenvalue weighted by atomic mass is 10.1. The summed E-state index contributed by atoms with van der Waals surface area (Å²) in [5, 5.41) is 6.33. The van der Waals surface area contributed by atoms with Crippen LogP contribution in [0.2, 0.25) is 0 Å². The third-order valence-corrected chi connectivity index (χ3v) is 4.41. The lowest BCUT2D eigenvalue weighted by Gasteiger charge is -2.12. The SMILES string of the molecule is CCNC(=NCc1ccc(C(F)(F)F)cc1)NCCCCn1c(C)cccc1=O. The summed E-state index contributed by atoms with van der Waals surface area (Å²) in [6.45, 7) is 6.16. The Balaban J connectivity index is 1.82. The molecule has 0 saturated heterocycles.